The van der Waals surface area contributed by atoms with Crippen LogP contribution < -0.4 is 5.32 Å². The summed E-state index contributed by atoms with van der Waals surface area (Å²) in [4.78, 5) is 9.04. The molecule has 108 valence electrons. The minimum Gasteiger partial charge on any atom is -0.309 e. The van der Waals surface area contributed by atoms with Gasteiger partial charge in [0, 0.05) is 31.4 Å². The predicted octanol–water partition coefficient (Wildman–Crippen LogP) is 3.37. The molecule has 20 heavy (non-hydrogen) atoms. The lowest BCUT2D eigenvalue weighted by Gasteiger charge is -2.12. The van der Waals surface area contributed by atoms with Gasteiger partial charge in [-0.1, -0.05) is 32.4 Å². The number of imidazole rings is 1. The van der Waals surface area contributed by atoms with E-state index < -0.39 is 0 Å². The van der Waals surface area contributed by atoms with Crippen LogP contribution in [0.4, 0.5) is 0 Å². The van der Waals surface area contributed by atoms with Crippen LogP contribution in [-0.4, -0.2) is 20.6 Å². The molecule has 4 nitrogen and oxygen atoms in total. The van der Waals surface area contributed by atoms with Crippen molar-refractivity contribution in [3.8, 4) is 5.82 Å². The molecule has 0 atom stereocenters. The van der Waals surface area contributed by atoms with E-state index in [0.29, 0.717) is 17.6 Å². The maximum Gasteiger partial charge on any atom is 0.138 e. The van der Waals surface area contributed by atoms with Crippen LogP contribution >= 0.6 is 11.6 Å². The molecule has 0 saturated heterocycles. The number of pyridine rings is 1. The standard InChI is InChI=1S/C15H21ClN4/c1-4-5-14-17-8-9-20(14)15-7-6-12(16)13(19-15)10-18-11(2)3/h6-9,11,18H,4-5,10H2,1-3H3. The molecule has 2 heterocycles. The van der Waals surface area contributed by atoms with Crippen molar-refractivity contribution >= 4 is 11.6 Å². The van der Waals surface area contributed by atoms with Gasteiger partial charge in [0.25, 0.3) is 0 Å². The number of aryl methyl sites for hydroxylation is 1. The highest BCUT2D eigenvalue weighted by Gasteiger charge is 2.09. The maximum absolute atomic E-state index is 6.21. The van der Waals surface area contributed by atoms with Gasteiger partial charge in [-0.25, -0.2) is 9.97 Å². The molecular weight excluding hydrogens is 272 g/mol. The smallest absolute Gasteiger partial charge is 0.138 e. The number of nitrogens with one attached hydrogen (secondary N) is 1. The summed E-state index contributed by atoms with van der Waals surface area (Å²) in [5, 5.41) is 4.04. The van der Waals surface area contributed by atoms with Crippen molar-refractivity contribution in [1.82, 2.24) is 19.9 Å². The topological polar surface area (TPSA) is 42.7 Å². The van der Waals surface area contributed by atoms with Crippen LogP contribution in [0.5, 0.6) is 0 Å². The zero-order valence-electron chi connectivity index (χ0n) is 12.2. The molecule has 0 aliphatic carbocycles. The lowest BCUT2D eigenvalue weighted by Crippen LogP contribution is -2.23. The second-order valence-electron chi connectivity index (χ2n) is 5.10. The number of hydrogen-bond donors (Lipinski definition) is 1. The zero-order chi connectivity index (χ0) is 14.5. The summed E-state index contributed by atoms with van der Waals surface area (Å²) in [6.07, 6.45) is 5.76. The van der Waals surface area contributed by atoms with Crippen LogP contribution in [0.15, 0.2) is 24.5 Å². The van der Waals surface area contributed by atoms with Crippen molar-refractivity contribution in [1.29, 1.82) is 0 Å². The fourth-order valence-corrected chi connectivity index (χ4v) is 2.16. The number of halogens is 1. The Morgan fingerprint density at radius 3 is 2.85 bits per heavy atom. The Morgan fingerprint density at radius 2 is 2.15 bits per heavy atom. The quantitative estimate of drug-likeness (QED) is 0.887. The summed E-state index contributed by atoms with van der Waals surface area (Å²) in [7, 11) is 0. The number of hydrogen-bond acceptors (Lipinski definition) is 3. The van der Waals surface area contributed by atoms with Gasteiger partial charge in [-0.2, -0.15) is 0 Å². The maximum atomic E-state index is 6.21. The lowest BCUT2D eigenvalue weighted by molar-refractivity contribution is 0.580. The molecule has 0 aromatic carbocycles. The van der Waals surface area contributed by atoms with E-state index in [9.17, 15) is 0 Å². The summed E-state index contributed by atoms with van der Waals surface area (Å²) in [6, 6.07) is 4.24. The van der Waals surface area contributed by atoms with E-state index in [-0.39, 0.29) is 0 Å². The van der Waals surface area contributed by atoms with Crippen molar-refractivity contribution in [2.45, 2.75) is 46.2 Å². The highest BCUT2D eigenvalue weighted by Crippen LogP contribution is 2.18. The zero-order valence-corrected chi connectivity index (χ0v) is 13.0. The Hall–Kier alpha value is -1.39. The fraction of sp³-hybridized carbons (Fsp3) is 0.467. The first-order valence-corrected chi connectivity index (χ1v) is 7.41. The van der Waals surface area contributed by atoms with Crippen LogP contribution in [0.3, 0.4) is 0 Å². The van der Waals surface area contributed by atoms with E-state index in [0.717, 1.165) is 30.2 Å². The SMILES string of the molecule is CCCc1nccn1-c1ccc(Cl)c(CNC(C)C)n1. The molecule has 0 unspecified atom stereocenters. The van der Waals surface area contributed by atoms with Crippen molar-refractivity contribution in [2.24, 2.45) is 0 Å². The number of aromatic nitrogens is 3. The van der Waals surface area contributed by atoms with Gasteiger partial charge < -0.3 is 5.32 Å². The molecule has 0 aliphatic rings. The average molecular weight is 293 g/mol. The molecule has 0 bridgehead atoms. The largest absolute Gasteiger partial charge is 0.309 e. The van der Waals surface area contributed by atoms with Crippen LogP contribution in [0, 0.1) is 0 Å². The monoisotopic (exact) mass is 292 g/mol. The first-order valence-electron chi connectivity index (χ1n) is 7.03. The number of rotatable bonds is 6. The number of nitrogens with zero attached hydrogens (tertiary/aromatic N) is 3. The van der Waals surface area contributed by atoms with Crippen LogP contribution in [0.1, 0.15) is 38.7 Å². The minimum atomic E-state index is 0.403. The van der Waals surface area contributed by atoms with Gasteiger partial charge in [0.1, 0.15) is 11.6 Å². The molecular formula is C15H21ClN4. The summed E-state index contributed by atoms with van der Waals surface area (Å²) in [5.41, 5.74) is 0.869. The molecule has 0 spiro atoms. The average Bonchev–Trinajstić information content (AvgIpc) is 2.86. The third-order valence-corrected chi connectivity index (χ3v) is 3.36. The molecule has 1 N–H and O–H groups in total. The Labute approximate surface area is 125 Å². The highest BCUT2D eigenvalue weighted by molar-refractivity contribution is 6.31. The van der Waals surface area contributed by atoms with Crippen molar-refractivity contribution in [2.75, 3.05) is 0 Å². The van der Waals surface area contributed by atoms with E-state index in [1.165, 1.54) is 0 Å². The second kappa shape index (κ2) is 6.86. The normalized spacial score (nSPS) is 11.2. The lowest BCUT2D eigenvalue weighted by atomic mass is 10.3. The van der Waals surface area contributed by atoms with E-state index in [2.05, 4.69) is 36.1 Å². The second-order valence-corrected chi connectivity index (χ2v) is 5.50. The summed E-state index contributed by atoms with van der Waals surface area (Å²) in [5.74, 6) is 1.90. The summed E-state index contributed by atoms with van der Waals surface area (Å²) >= 11 is 6.21. The van der Waals surface area contributed by atoms with Crippen molar-refractivity contribution in [3.05, 3.63) is 41.1 Å². The Morgan fingerprint density at radius 1 is 1.35 bits per heavy atom. The molecule has 5 heteroatoms. The van der Waals surface area contributed by atoms with E-state index in [1.807, 2.05) is 29.1 Å². The molecule has 0 aliphatic heterocycles. The van der Waals surface area contributed by atoms with Crippen LogP contribution in [0.25, 0.3) is 5.82 Å². The third-order valence-electron chi connectivity index (χ3n) is 3.02. The molecule has 0 fully saturated rings. The van der Waals surface area contributed by atoms with Crippen LogP contribution in [0.2, 0.25) is 5.02 Å². The predicted molar refractivity (Wildman–Crippen MR) is 82.3 cm³/mol. The Bertz CT molecular complexity index is 563. The van der Waals surface area contributed by atoms with Gasteiger partial charge in [-0.15, -0.1) is 0 Å². The summed E-state index contributed by atoms with van der Waals surface area (Å²) < 4.78 is 2.03. The molecule has 2 aromatic rings. The minimum absolute atomic E-state index is 0.403. The molecule has 0 radical (unpaired) electrons. The van der Waals surface area contributed by atoms with Gasteiger partial charge in [0.05, 0.1) is 10.7 Å². The fourth-order valence-electron chi connectivity index (χ4n) is 1.98. The van der Waals surface area contributed by atoms with E-state index >= 15 is 0 Å². The van der Waals surface area contributed by atoms with Gasteiger partial charge in [0.2, 0.25) is 0 Å². The van der Waals surface area contributed by atoms with Crippen molar-refractivity contribution < 1.29 is 0 Å². The van der Waals surface area contributed by atoms with E-state index in [4.69, 9.17) is 11.6 Å². The van der Waals surface area contributed by atoms with E-state index in [1.54, 1.807) is 0 Å². The Balaban J connectivity index is 2.28. The molecule has 2 aromatic heterocycles. The molecule has 0 amide bonds. The summed E-state index contributed by atoms with van der Waals surface area (Å²) in [6.45, 7) is 7.02. The van der Waals surface area contributed by atoms with Gasteiger partial charge >= 0.3 is 0 Å². The first kappa shape index (κ1) is 15.0. The van der Waals surface area contributed by atoms with Crippen LogP contribution in [-0.2, 0) is 13.0 Å². The van der Waals surface area contributed by atoms with Crippen molar-refractivity contribution in [3.63, 3.8) is 0 Å². The highest BCUT2D eigenvalue weighted by atomic mass is 35.5. The van der Waals surface area contributed by atoms with Gasteiger partial charge in [-0.3, -0.25) is 4.57 Å². The first-order chi connectivity index (χ1) is 9.61. The van der Waals surface area contributed by atoms with Gasteiger partial charge in [0.15, 0.2) is 0 Å². The third kappa shape index (κ3) is 3.58. The Kier molecular flexibility index (Phi) is 5.15. The molecule has 0 saturated carbocycles. The molecule has 2 rings (SSSR count). The van der Waals surface area contributed by atoms with Gasteiger partial charge in [-0.05, 0) is 18.6 Å².